The van der Waals surface area contributed by atoms with Gasteiger partial charge in [0.2, 0.25) is 0 Å². The van der Waals surface area contributed by atoms with Gasteiger partial charge >= 0.3 is 5.63 Å². The topological polar surface area (TPSA) is 81.0 Å². The summed E-state index contributed by atoms with van der Waals surface area (Å²) in [5.41, 5.74) is -0.382. The Morgan fingerprint density at radius 3 is 2.80 bits per heavy atom. The number of halogens is 1. The Hall–Kier alpha value is -1.90. The molecule has 0 aliphatic carbocycles. The molecule has 0 atom stereocenters. The first kappa shape index (κ1) is 17.9. The highest BCUT2D eigenvalue weighted by Gasteiger charge is 2.17. The van der Waals surface area contributed by atoms with Crippen molar-refractivity contribution >= 4 is 32.8 Å². The molecule has 1 aromatic heterocycles. The zero-order valence-corrected chi connectivity index (χ0v) is 15.4. The molecule has 2 heterocycles. The van der Waals surface area contributed by atoms with Gasteiger partial charge in [-0.2, -0.15) is 0 Å². The van der Waals surface area contributed by atoms with Gasteiger partial charge in [-0.25, -0.2) is 4.79 Å². The van der Waals surface area contributed by atoms with Crippen LogP contribution in [0.4, 0.5) is 0 Å². The summed E-state index contributed by atoms with van der Waals surface area (Å²) in [6, 6.07) is 5.00. The molecule has 1 N–H and O–H groups in total. The van der Waals surface area contributed by atoms with Crippen LogP contribution in [0.3, 0.4) is 0 Å². The molecule has 1 aromatic carbocycles. The third-order valence-corrected chi connectivity index (χ3v) is 4.50. The van der Waals surface area contributed by atoms with Crippen molar-refractivity contribution in [2.24, 2.45) is 0 Å². The van der Waals surface area contributed by atoms with Gasteiger partial charge in [-0.1, -0.05) is 15.9 Å². The Balaban J connectivity index is 1.74. The van der Waals surface area contributed by atoms with E-state index in [1.165, 1.54) is 13.2 Å². The monoisotopic (exact) mass is 410 g/mol. The molecule has 1 amide bonds. The second kappa shape index (κ2) is 7.99. The lowest BCUT2D eigenvalue weighted by Gasteiger charge is -2.26. The number of nitrogens with one attached hydrogen (secondary N) is 1. The first-order valence-electron chi connectivity index (χ1n) is 7.98. The van der Waals surface area contributed by atoms with E-state index in [-0.39, 0.29) is 5.56 Å². The van der Waals surface area contributed by atoms with E-state index in [0.717, 1.165) is 17.6 Å². The molecule has 25 heavy (non-hydrogen) atoms. The van der Waals surface area contributed by atoms with Crippen molar-refractivity contribution in [3.05, 3.63) is 38.7 Å². The highest BCUT2D eigenvalue weighted by Crippen LogP contribution is 2.29. The van der Waals surface area contributed by atoms with Crippen LogP contribution >= 0.6 is 15.9 Å². The van der Waals surface area contributed by atoms with E-state index < -0.39 is 11.5 Å². The maximum atomic E-state index is 12.3. The van der Waals surface area contributed by atoms with Crippen molar-refractivity contribution < 1.29 is 18.7 Å². The average Bonchev–Trinajstić information content (AvgIpc) is 2.61. The molecule has 3 rings (SSSR count). The third-order valence-electron chi connectivity index (χ3n) is 4.04. The first-order valence-corrected chi connectivity index (χ1v) is 8.77. The van der Waals surface area contributed by atoms with Crippen LogP contribution in [0.2, 0.25) is 0 Å². The number of methoxy groups -OCH3 is 1. The first-order chi connectivity index (χ1) is 12.1. The SMILES string of the molecule is COc1cc(Br)cc2cc(C(=O)NCCN3CCOCC3)c(=O)oc12. The van der Waals surface area contributed by atoms with Crippen LogP contribution in [0.15, 0.2) is 31.9 Å². The van der Waals surface area contributed by atoms with Crippen LogP contribution in [-0.2, 0) is 4.74 Å². The number of rotatable bonds is 5. The molecule has 1 saturated heterocycles. The average molecular weight is 411 g/mol. The Bertz CT molecular complexity index is 830. The lowest BCUT2D eigenvalue weighted by atomic mass is 10.1. The normalized spacial score (nSPS) is 15.3. The number of hydrogen-bond donors (Lipinski definition) is 1. The summed E-state index contributed by atoms with van der Waals surface area (Å²) in [4.78, 5) is 26.7. The van der Waals surface area contributed by atoms with Gasteiger partial charge in [-0.3, -0.25) is 9.69 Å². The second-order valence-corrected chi connectivity index (χ2v) is 6.60. The highest BCUT2D eigenvalue weighted by atomic mass is 79.9. The zero-order valence-electron chi connectivity index (χ0n) is 13.8. The maximum absolute atomic E-state index is 12.3. The van der Waals surface area contributed by atoms with Gasteiger partial charge < -0.3 is 19.2 Å². The van der Waals surface area contributed by atoms with E-state index in [1.54, 1.807) is 12.1 Å². The second-order valence-electron chi connectivity index (χ2n) is 5.68. The van der Waals surface area contributed by atoms with E-state index in [4.69, 9.17) is 13.9 Å². The van der Waals surface area contributed by atoms with Crippen LogP contribution in [-0.4, -0.2) is 57.3 Å². The fourth-order valence-electron chi connectivity index (χ4n) is 2.72. The van der Waals surface area contributed by atoms with Gasteiger partial charge in [0.25, 0.3) is 5.91 Å². The van der Waals surface area contributed by atoms with Gasteiger partial charge in [0.15, 0.2) is 11.3 Å². The van der Waals surface area contributed by atoms with Gasteiger partial charge in [0.1, 0.15) is 5.56 Å². The van der Waals surface area contributed by atoms with Crippen molar-refractivity contribution in [3.63, 3.8) is 0 Å². The summed E-state index contributed by atoms with van der Waals surface area (Å²) in [6.07, 6.45) is 0. The number of ether oxygens (including phenoxy) is 2. The molecular formula is C17H19BrN2O5. The number of carbonyl (C=O) groups excluding carboxylic acids is 1. The summed E-state index contributed by atoms with van der Waals surface area (Å²) in [5, 5.41) is 3.39. The molecule has 8 heteroatoms. The van der Waals surface area contributed by atoms with Gasteiger partial charge in [-0.05, 0) is 18.2 Å². The van der Waals surface area contributed by atoms with Crippen LogP contribution < -0.4 is 15.7 Å². The number of carbonyl (C=O) groups is 1. The molecule has 0 saturated carbocycles. The molecule has 134 valence electrons. The Morgan fingerprint density at radius 2 is 2.08 bits per heavy atom. The maximum Gasteiger partial charge on any atom is 0.349 e. The van der Waals surface area contributed by atoms with Crippen LogP contribution in [0, 0.1) is 0 Å². The summed E-state index contributed by atoms with van der Waals surface area (Å²) in [6.45, 7) is 4.28. The molecule has 1 aliphatic heterocycles. The number of fused-ring (bicyclic) bond motifs is 1. The zero-order chi connectivity index (χ0) is 17.8. The number of amides is 1. The lowest BCUT2D eigenvalue weighted by Crippen LogP contribution is -2.41. The molecule has 1 fully saturated rings. The Morgan fingerprint density at radius 1 is 1.32 bits per heavy atom. The highest BCUT2D eigenvalue weighted by molar-refractivity contribution is 9.10. The molecule has 0 radical (unpaired) electrons. The minimum absolute atomic E-state index is 0.0189. The largest absolute Gasteiger partial charge is 0.493 e. The molecule has 2 aromatic rings. The fraction of sp³-hybridized carbons (Fsp3) is 0.412. The van der Waals surface area contributed by atoms with E-state index >= 15 is 0 Å². The Kier molecular flexibility index (Phi) is 5.72. The molecule has 0 unspecified atom stereocenters. The van der Waals surface area contributed by atoms with E-state index in [2.05, 4.69) is 26.1 Å². The molecule has 1 aliphatic rings. The van der Waals surface area contributed by atoms with Gasteiger partial charge in [0, 0.05) is 36.0 Å². The predicted octanol–water partition coefficient (Wildman–Crippen LogP) is 1.63. The lowest BCUT2D eigenvalue weighted by molar-refractivity contribution is 0.0383. The number of nitrogens with zero attached hydrogens (tertiary/aromatic N) is 1. The number of benzene rings is 1. The number of morpholine rings is 1. The predicted molar refractivity (Wildman–Crippen MR) is 96.3 cm³/mol. The van der Waals surface area contributed by atoms with E-state index in [9.17, 15) is 9.59 Å². The molecular weight excluding hydrogens is 392 g/mol. The van der Waals surface area contributed by atoms with Gasteiger partial charge in [-0.15, -0.1) is 0 Å². The molecule has 0 bridgehead atoms. The molecule has 0 spiro atoms. The smallest absolute Gasteiger partial charge is 0.349 e. The van der Waals surface area contributed by atoms with Crippen molar-refractivity contribution in [1.82, 2.24) is 10.2 Å². The third kappa shape index (κ3) is 4.20. The van der Waals surface area contributed by atoms with Gasteiger partial charge in [0.05, 0.1) is 20.3 Å². The van der Waals surface area contributed by atoms with Crippen molar-refractivity contribution in [1.29, 1.82) is 0 Å². The number of hydrogen-bond acceptors (Lipinski definition) is 6. The van der Waals surface area contributed by atoms with Crippen LogP contribution in [0.1, 0.15) is 10.4 Å². The minimum Gasteiger partial charge on any atom is -0.493 e. The summed E-state index contributed by atoms with van der Waals surface area (Å²) < 4.78 is 16.6. The quantitative estimate of drug-likeness (QED) is 0.754. The summed E-state index contributed by atoms with van der Waals surface area (Å²) >= 11 is 3.37. The van der Waals surface area contributed by atoms with E-state index in [1.807, 2.05) is 0 Å². The van der Waals surface area contributed by atoms with Crippen molar-refractivity contribution in [2.45, 2.75) is 0 Å². The molecule has 7 nitrogen and oxygen atoms in total. The standard InChI is InChI=1S/C17H19BrN2O5/c1-23-14-10-12(18)8-11-9-13(17(22)25-15(11)14)16(21)19-2-3-20-4-6-24-7-5-20/h8-10H,2-7H2,1H3,(H,19,21). The fourth-order valence-corrected chi connectivity index (χ4v) is 3.18. The summed E-state index contributed by atoms with van der Waals surface area (Å²) in [7, 11) is 1.49. The van der Waals surface area contributed by atoms with Crippen molar-refractivity contribution in [3.8, 4) is 5.75 Å². The van der Waals surface area contributed by atoms with Crippen LogP contribution in [0.5, 0.6) is 5.75 Å². The minimum atomic E-state index is -0.683. The van der Waals surface area contributed by atoms with Crippen molar-refractivity contribution in [2.75, 3.05) is 46.5 Å². The van der Waals surface area contributed by atoms with E-state index in [0.29, 0.717) is 43.0 Å². The Labute approximate surface area is 153 Å². The summed E-state index contributed by atoms with van der Waals surface area (Å²) in [5.74, 6) is -0.0106. The van der Waals surface area contributed by atoms with Crippen LogP contribution in [0.25, 0.3) is 11.0 Å².